The summed E-state index contributed by atoms with van der Waals surface area (Å²) in [6.45, 7) is 1.53. The zero-order valence-corrected chi connectivity index (χ0v) is 8.26. The lowest BCUT2D eigenvalue weighted by atomic mass is 10.3. The summed E-state index contributed by atoms with van der Waals surface area (Å²) in [6, 6.07) is 2.72. The van der Waals surface area contributed by atoms with E-state index in [0.29, 0.717) is 10.6 Å². The monoisotopic (exact) mass is 221 g/mol. The summed E-state index contributed by atoms with van der Waals surface area (Å²) in [4.78, 5) is 0.495. The van der Waals surface area contributed by atoms with E-state index < -0.39 is 10.1 Å². The van der Waals surface area contributed by atoms with Gasteiger partial charge in [0.1, 0.15) is 4.21 Å². The van der Waals surface area contributed by atoms with E-state index in [0.717, 1.165) is 11.3 Å². The first-order chi connectivity index (χ1) is 5.95. The fourth-order valence-electron chi connectivity index (χ4n) is 0.703. The van der Waals surface area contributed by atoms with Crippen molar-refractivity contribution in [2.24, 2.45) is 5.16 Å². The van der Waals surface area contributed by atoms with E-state index in [-0.39, 0.29) is 4.21 Å². The molecule has 0 aliphatic rings. The van der Waals surface area contributed by atoms with E-state index >= 15 is 0 Å². The zero-order valence-electron chi connectivity index (χ0n) is 6.63. The highest BCUT2D eigenvalue weighted by molar-refractivity contribution is 7.88. The quantitative estimate of drug-likeness (QED) is 0.340. The normalized spacial score (nSPS) is 13.2. The van der Waals surface area contributed by atoms with Gasteiger partial charge >= 0.3 is 10.1 Å². The van der Waals surface area contributed by atoms with Crippen LogP contribution in [0.15, 0.2) is 21.5 Å². The lowest BCUT2D eigenvalue weighted by Crippen LogP contribution is -1.93. The molecule has 5 nitrogen and oxygen atoms in total. The standard InChI is InChI=1S/C6H7NO4S2/c1-4(7-8)5-2-3-6(12-5)13(9,10)11/h2-3,8H,1H3,(H,9,10,11)/b7-4+. The van der Waals surface area contributed by atoms with Gasteiger partial charge in [-0.1, -0.05) is 5.16 Å². The zero-order chi connectivity index (χ0) is 10.1. The Labute approximate surface area is 79.1 Å². The molecule has 0 fully saturated rings. The van der Waals surface area contributed by atoms with Gasteiger partial charge in [-0.15, -0.1) is 11.3 Å². The van der Waals surface area contributed by atoms with Crippen molar-refractivity contribution in [2.75, 3.05) is 0 Å². The van der Waals surface area contributed by atoms with Gasteiger partial charge in [-0.2, -0.15) is 8.42 Å². The number of hydrogen-bond donors (Lipinski definition) is 2. The topological polar surface area (TPSA) is 87.0 Å². The molecule has 0 aliphatic carbocycles. The van der Waals surface area contributed by atoms with Crippen LogP contribution in [-0.4, -0.2) is 23.9 Å². The van der Waals surface area contributed by atoms with Crippen LogP contribution in [0.1, 0.15) is 11.8 Å². The highest BCUT2D eigenvalue weighted by Crippen LogP contribution is 2.21. The van der Waals surface area contributed by atoms with Crippen molar-refractivity contribution < 1.29 is 18.2 Å². The van der Waals surface area contributed by atoms with Crippen LogP contribution in [0.4, 0.5) is 0 Å². The van der Waals surface area contributed by atoms with E-state index in [2.05, 4.69) is 5.16 Å². The van der Waals surface area contributed by atoms with Crippen molar-refractivity contribution in [3.05, 3.63) is 17.0 Å². The maximum Gasteiger partial charge on any atom is 0.304 e. The SMILES string of the molecule is C/C(=N\O)c1ccc(S(=O)(=O)O)s1. The molecule has 1 rings (SSSR count). The molecule has 0 bridgehead atoms. The molecule has 2 N–H and O–H groups in total. The molecule has 0 atom stereocenters. The summed E-state index contributed by atoms with van der Waals surface area (Å²) in [5.74, 6) is 0. The second kappa shape index (κ2) is 3.44. The van der Waals surface area contributed by atoms with Crippen molar-refractivity contribution in [2.45, 2.75) is 11.1 Å². The highest BCUT2D eigenvalue weighted by Gasteiger charge is 2.13. The Morgan fingerprint density at radius 2 is 2.15 bits per heavy atom. The van der Waals surface area contributed by atoms with Crippen molar-refractivity contribution in [3.8, 4) is 0 Å². The second-order valence-corrected chi connectivity index (χ2v) is 5.01. The van der Waals surface area contributed by atoms with Crippen LogP contribution in [0.2, 0.25) is 0 Å². The average molecular weight is 221 g/mol. The molecule has 0 amide bonds. The third kappa shape index (κ3) is 2.27. The maximum absolute atomic E-state index is 10.6. The molecule has 13 heavy (non-hydrogen) atoms. The molecule has 1 heterocycles. The highest BCUT2D eigenvalue weighted by atomic mass is 32.3. The van der Waals surface area contributed by atoms with Gasteiger partial charge in [0, 0.05) is 0 Å². The van der Waals surface area contributed by atoms with Gasteiger partial charge in [0.25, 0.3) is 0 Å². The molecule has 0 radical (unpaired) electrons. The third-order valence-corrected chi connectivity index (χ3v) is 3.86. The van der Waals surface area contributed by atoms with Gasteiger partial charge in [-0.05, 0) is 19.1 Å². The van der Waals surface area contributed by atoms with Crippen molar-refractivity contribution in [1.29, 1.82) is 0 Å². The second-order valence-electron chi connectivity index (χ2n) is 2.28. The summed E-state index contributed by atoms with van der Waals surface area (Å²) >= 11 is 0.844. The van der Waals surface area contributed by atoms with Crippen LogP contribution in [0, 0.1) is 0 Å². The molecule has 0 aliphatic heterocycles. The minimum Gasteiger partial charge on any atom is -0.411 e. The Bertz CT molecular complexity index is 431. The number of nitrogens with zero attached hydrogens (tertiary/aromatic N) is 1. The lowest BCUT2D eigenvalue weighted by Gasteiger charge is -1.90. The molecule has 72 valence electrons. The first kappa shape index (κ1) is 10.2. The molecule has 0 unspecified atom stereocenters. The first-order valence-electron chi connectivity index (χ1n) is 3.21. The van der Waals surface area contributed by atoms with E-state index in [1.165, 1.54) is 19.1 Å². The number of hydrogen-bond acceptors (Lipinski definition) is 5. The molecule has 1 aromatic heterocycles. The molecule has 0 aromatic carbocycles. The summed E-state index contributed by atoms with van der Waals surface area (Å²) in [7, 11) is -4.14. The third-order valence-electron chi connectivity index (χ3n) is 1.34. The Morgan fingerprint density at radius 1 is 1.54 bits per heavy atom. The van der Waals surface area contributed by atoms with E-state index in [9.17, 15) is 8.42 Å². The van der Waals surface area contributed by atoms with Gasteiger partial charge in [-0.3, -0.25) is 4.55 Å². The predicted octanol–water partition coefficient (Wildman–Crippen LogP) is 1.19. The van der Waals surface area contributed by atoms with Crippen LogP contribution in [0.5, 0.6) is 0 Å². The maximum atomic E-state index is 10.6. The van der Waals surface area contributed by atoms with Gasteiger partial charge < -0.3 is 5.21 Å². The van der Waals surface area contributed by atoms with Gasteiger partial charge in [0.05, 0.1) is 10.6 Å². The Morgan fingerprint density at radius 3 is 2.54 bits per heavy atom. The molecule has 0 spiro atoms. The van der Waals surface area contributed by atoms with Gasteiger partial charge in [0.2, 0.25) is 0 Å². The molecule has 1 aromatic rings. The molecular weight excluding hydrogens is 214 g/mol. The summed E-state index contributed by atoms with van der Waals surface area (Å²) in [5, 5.41) is 11.3. The number of rotatable bonds is 2. The van der Waals surface area contributed by atoms with Crippen LogP contribution in [-0.2, 0) is 10.1 Å². The molecule has 0 saturated heterocycles. The minimum atomic E-state index is -4.14. The van der Waals surface area contributed by atoms with Gasteiger partial charge in [0.15, 0.2) is 0 Å². The summed E-state index contributed by atoms with van der Waals surface area (Å²) in [5.41, 5.74) is 0.305. The van der Waals surface area contributed by atoms with E-state index in [4.69, 9.17) is 9.76 Å². The van der Waals surface area contributed by atoms with Crippen LogP contribution < -0.4 is 0 Å². The van der Waals surface area contributed by atoms with Crippen molar-refractivity contribution in [3.63, 3.8) is 0 Å². The predicted molar refractivity (Wildman–Crippen MR) is 48.1 cm³/mol. The molecule has 0 saturated carbocycles. The Balaban J connectivity index is 3.15. The smallest absolute Gasteiger partial charge is 0.304 e. The molecule has 7 heteroatoms. The summed E-state index contributed by atoms with van der Waals surface area (Å²) in [6.07, 6.45) is 0. The Hall–Kier alpha value is -0.920. The van der Waals surface area contributed by atoms with E-state index in [1.807, 2.05) is 0 Å². The largest absolute Gasteiger partial charge is 0.411 e. The Kier molecular flexibility index (Phi) is 2.69. The minimum absolute atomic E-state index is 0.162. The average Bonchev–Trinajstić information content (AvgIpc) is 2.50. The van der Waals surface area contributed by atoms with Crippen LogP contribution >= 0.6 is 11.3 Å². The van der Waals surface area contributed by atoms with Gasteiger partial charge in [-0.25, -0.2) is 0 Å². The van der Waals surface area contributed by atoms with Crippen LogP contribution in [0.25, 0.3) is 0 Å². The van der Waals surface area contributed by atoms with E-state index in [1.54, 1.807) is 0 Å². The van der Waals surface area contributed by atoms with Crippen LogP contribution in [0.3, 0.4) is 0 Å². The number of oxime groups is 1. The fraction of sp³-hybridized carbons (Fsp3) is 0.167. The lowest BCUT2D eigenvalue weighted by molar-refractivity contribution is 0.319. The fourth-order valence-corrected chi connectivity index (χ4v) is 2.31. The van der Waals surface area contributed by atoms with Crippen molar-refractivity contribution >= 4 is 27.2 Å². The number of thiophene rings is 1. The summed E-state index contributed by atoms with van der Waals surface area (Å²) < 4.78 is 29.7. The van der Waals surface area contributed by atoms with Crippen molar-refractivity contribution in [1.82, 2.24) is 0 Å². The molecular formula is C6H7NO4S2. The first-order valence-corrected chi connectivity index (χ1v) is 5.47.